The third-order valence-corrected chi connectivity index (χ3v) is 3.74. The van der Waals surface area contributed by atoms with E-state index < -0.39 is 0 Å². The number of rotatable bonds is 5. The fourth-order valence-electron chi connectivity index (χ4n) is 2.61. The molecule has 1 aliphatic heterocycles. The molecule has 0 bridgehead atoms. The van der Waals surface area contributed by atoms with E-state index in [1.165, 1.54) is 6.92 Å². The van der Waals surface area contributed by atoms with Crippen molar-refractivity contribution in [3.63, 3.8) is 0 Å². The summed E-state index contributed by atoms with van der Waals surface area (Å²) >= 11 is 0. The number of Topliss-reactive ketones (excluding diaryl/α,β-unsaturated/α-hetero) is 1. The van der Waals surface area contributed by atoms with Crippen LogP contribution in [0.1, 0.15) is 47.4 Å². The molecule has 0 saturated carbocycles. The van der Waals surface area contributed by atoms with Crippen LogP contribution >= 0.6 is 12.4 Å². The first-order valence-electron chi connectivity index (χ1n) is 7.26. The molecule has 5 heteroatoms. The number of hydrogen-bond donors (Lipinski definition) is 1. The van der Waals surface area contributed by atoms with Crippen molar-refractivity contribution in [3.05, 3.63) is 35.4 Å². The number of ketones is 1. The monoisotopic (exact) mass is 310 g/mol. The number of amides is 1. The summed E-state index contributed by atoms with van der Waals surface area (Å²) in [6, 6.07) is 7.25. The summed E-state index contributed by atoms with van der Waals surface area (Å²) in [7, 11) is 0. The Balaban J connectivity index is 0.00000220. The van der Waals surface area contributed by atoms with Crippen molar-refractivity contribution in [1.82, 2.24) is 10.2 Å². The Labute approximate surface area is 132 Å². The average molecular weight is 311 g/mol. The maximum Gasteiger partial charge on any atom is 0.254 e. The lowest BCUT2D eigenvalue weighted by atomic mass is 10.1. The van der Waals surface area contributed by atoms with E-state index in [9.17, 15) is 9.59 Å². The van der Waals surface area contributed by atoms with Crippen LogP contribution in [0.5, 0.6) is 0 Å². The first-order chi connectivity index (χ1) is 9.63. The van der Waals surface area contributed by atoms with Crippen LogP contribution in [-0.2, 0) is 0 Å². The molecule has 1 unspecified atom stereocenters. The normalized spacial score (nSPS) is 17.1. The van der Waals surface area contributed by atoms with E-state index >= 15 is 0 Å². The molecule has 4 nitrogen and oxygen atoms in total. The van der Waals surface area contributed by atoms with Crippen LogP contribution in [0.25, 0.3) is 0 Å². The summed E-state index contributed by atoms with van der Waals surface area (Å²) in [5.41, 5.74) is 1.31. The van der Waals surface area contributed by atoms with Gasteiger partial charge in [-0.1, -0.05) is 19.1 Å². The SMILES string of the molecule is CCCN(C(=O)c1ccc(C(C)=O)cc1)C1CCNC1.Cl. The molecule has 0 aliphatic carbocycles. The Kier molecular flexibility index (Phi) is 6.85. The number of benzene rings is 1. The minimum absolute atomic E-state index is 0. The second-order valence-electron chi connectivity index (χ2n) is 5.28. The molecule has 116 valence electrons. The van der Waals surface area contributed by atoms with Crippen LogP contribution < -0.4 is 5.32 Å². The van der Waals surface area contributed by atoms with Crippen LogP contribution in [0, 0.1) is 0 Å². The molecular weight excluding hydrogens is 288 g/mol. The lowest BCUT2D eigenvalue weighted by Crippen LogP contribution is -2.42. The van der Waals surface area contributed by atoms with Crippen molar-refractivity contribution in [2.75, 3.05) is 19.6 Å². The molecule has 1 fully saturated rings. The molecule has 1 aromatic rings. The van der Waals surface area contributed by atoms with Gasteiger partial charge in [0, 0.05) is 30.3 Å². The van der Waals surface area contributed by atoms with E-state index in [0.717, 1.165) is 32.5 Å². The van der Waals surface area contributed by atoms with Gasteiger partial charge < -0.3 is 10.2 Å². The highest BCUT2D eigenvalue weighted by molar-refractivity contribution is 5.97. The number of carbonyl (C=O) groups excluding carboxylic acids is 2. The summed E-state index contributed by atoms with van der Waals surface area (Å²) in [5.74, 6) is 0.0880. The highest BCUT2D eigenvalue weighted by Gasteiger charge is 2.26. The molecule has 1 amide bonds. The number of nitrogens with one attached hydrogen (secondary N) is 1. The van der Waals surface area contributed by atoms with E-state index in [1.807, 2.05) is 4.90 Å². The van der Waals surface area contributed by atoms with Crippen LogP contribution in [0.3, 0.4) is 0 Å². The Morgan fingerprint density at radius 2 is 1.86 bits per heavy atom. The van der Waals surface area contributed by atoms with Gasteiger partial charge in [0.15, 0.2) is 5.78 Å². The fourth-order valence-corrected chi connectivity index (χ4v) is 2.61. The quantitative estimate of drug-likeness (QED) is 0.850. The first-order valence-corrected chi connectivity index (χ1v) is 7.26. The summed E-state index contributed by atoms with van der Waals surface area (Å²) in [6.45, 7) is 6.24. The molecule has 2 rings (SSSR count). The third-order valence-electron chi connectivity index (χ3n) is 3.74. The van der Waals surface area contributed by atoms with Gasteiger partial charge in [-0.2, -0.15) is 0 Å². The highest BCUT2D eigenvalue weighted by Crippen LogP contribution is 2.15. The largest absolute Gasteiger partial charge is 0.334 e. The zero-order valence-corrected chi connectivity index (χ0v) is 13.4. The first kappa shape index (κ1) is 17.7. The molecule has 21 heavy (non-hydrogen) atoms. The van der Waals surface area contributed by atoms with Crippen LogP contribution in [-0.4, -0.2) is 42.3 Å². The summed E-state index contributed by atoms with van der Waals surface area (Å²) in [6.07, 6.45) is 1.96. The standard InChI is InChI=1S/C16H22N2O2.ClH/c1-3-10-18(15-8-9-17-11-15)16(20)14-6-4-13(5-7-14)12(2)19;/h4-7,15,17H,3,8-11H2,1-2H3;1H. The second kappa shape index (κ2) is 8.15. The van der Waals surface area contributed by atoms with Crippen molar-refractivity contribution in [1.29, 1.82) is 0 Å². The maximum absolute atomic E-state index is 12.6. The second-order valence-corrected chi connectivity index (χ2v) is 5.28. The summed E-state index contributed by atoms with van der Waals surface area (Å²) in [4.78, 5) is 25.8. The van der Waals surface area contributed by atoms with Gasteiger partial charge in [-0.15, -0.1) is 12.4 Å². The molecule has 1 atom stereocenters. The topological polar surface area (TPSA) is 49.4 Å². The zero-order chi connectivity index (χ0) is 14.5. The van der Waals surface area contributed by atoms with Gasteiger partial charge >= 0.3 is 0 Å². The number of nitrogens with zero attached hydrogens (tertiary/aromatic N) is 1. The number of halogens is 1. The minimum Gasteiger partial charge on any atom is -0.334 e. The predicted octanol–water partition coefficient (Wildman–Crippen LogP) is 2.53. The molecule has 0 spiro atoms. The number of hydrogen-bond acceptors (Lipinski definition) is 3. The Morgan fingerprint density at radius 3 is 2.33 bits per heavy atom. The number of carbonyl (C=O) groups is 2. The van der Waals surface area contributed by atoms with Crippen molar-refractivity contribution < 1.29 is 9.59 Å². The molecule has 1 N–H and O–H groups in total. The Hall–Kier alpha value is -1.39. The highest BCUT2D eigenvalue weighted by atomic mass is 35.5. The molecular formula is C16H23ClN2O2. The lowest BCUT2D eigenvalue weighted by molar-refractivity contribution is 0.0692. The van der Waals surface area contributed by atoms with Gasteiger partial charge in [-0.3, -0.25) is 9.59 Å². The smallest absolute Gasteiger partial charge is 0.254 e. The van der Waals surface area contributed by atoms with Gasteiger partial charge in [0.1, 0.15) is 0 Å². The molecule has 0 aromatic heterocycles. The van der Waals surface area contributed by atoms with Gasteiger partial charge in [-0.25, -0.2) is 0 Å². The minimum atomic E-state index is 0. The summed E-state index contributed by atoms with van der Waals surface area (Å²) < 4.78 is 0. The molecule has 1 aliphatic rings. The fraction of sp³-hybridized carbons (Fsp3) is 0.500. The summed E-state index contributed by atoms with van der Waals surface area (Å²) in [5, 5.41) is 3.30. The van der Waals surface area contributed by atoms with Gasteiger partial charge in [0.05, 0.1) is 0 Å². The van der Waals surface area contributed by atoms with E-state index in [1.54, 1.807) is 24.3 Å². The van der Waals surface area contributed by atoms with Gasteiger partial charge in [0.25, 0.3) is 5.91 Å². The van der Waals surface area contributed by atoms with E-state index in [4.69, 9.17) is 0 Å². The maximum atomic E-state index is 12.6. The Bertz CT molecular complexity index is 482. The average Bonchev–Trinajstić information content (AvgIpc) is 2.98. The zero-order valence-electron chi connectivity index (χ0n) is 12.6. The van der Waals surface area contributed by atoms with Crippen molar-refractivity contribution in [3.8, 4) is 0 Å². The van der Waals surface area contributed by atoms with Crippen molar-refractivity contribution in [2.24, 2.45) is 0 Å². The van der Waals surface area contributed by atoms with Gasteiger partial charge in [-0.05, 0) is 38.4 Å². The molecule has 0 radical (unpaired) electrons. The van der Waals surface area contributed by atoms with Gasteiger partial charge in [0.2, 0.25) is 0 Å². The lowest BCUT2D eigenvalue weighted by Gasteiger charge is -2.28. The molecule has 1 heterocycles. The third kappa shape index (κ3) is 4.29. The van der Waals surface area contributed by atoms with E-state index in [-0.39, 0.29) is 30.1 Å². The molecule has 1 saturated heterocycles. The predicted molar refractivity (Wildman–Crippen MR) is 86.3 cm³/mol. The van der Waals surface area contributed by atoms with Crippen molar-refractivity contribution >= 4 is 24.1 Å². The van der Waals surface area contributed by atoms with Crippen LogP contribution in [0.2, 0.25) is 0 Å². The van der Waals surface area contributed by atoms with Crippen LogP contribution in [0.15, 0.2) is 24.3 Å². The van der Waals surface area contributed by atoms with E-state index in [0.29, 0.717) is 11.1 Å². The molecule has 1 aromatic carbocycles. The van der Waals surface area contributed by atoms with Crippen LogP contribution in [0.4, 0.5) is 0 Å². The van der Waals surface area contributed by atoms with Crippen molar-refractivity contribution in [2.45, 2.75) is 32.7 Å². The van der Waals surface area contributed by atoms with E-state index in [2.05, 4.69) is 12.2 Å². The Morgan fingerprint density at radius 1 is 1.24 bits per heavy atom.